The highest BCUT2D eigenvalue weighted by Gasteiger charge is 2.22. The van der Waals surface area contributed by atoms with Gasteiger partial charge in [0.15, 0.2) is 5.13 Å². The maximum Gasteiger partial charge on any atom is 0.227 e. The zero-order valence-electron chi connectivity index (χ0n) is 16.8. The Labute approximate surface area is 170 Å². The normalized spacial score (nSPS) is 15.4. The molecule has 1 fully saturated rings. The minimum absolute atomic E-state index is 0.176. The van der Waals surface area contributed by atoms with Gasteiger partial charge in [0, 0.05) is 48.7 Å². The van der Waals surface area contributed by atoms with Gasteiger partial charge in [0.25, 0.3) is 0 Å². The van der Waals surface area contributed by atoms with E-state index in [1.807, 2.05) is 16.5 Å². The molecule has 1 aliphatic heterocycles. The quantitative estimate of drug-likeness (QED) is 0.645. The zero-order valence-corrected chi connectivity index (χ0v) is 17.6. The summed E-state index contributed by atoms with van der Waals surface area (Å²) < 4.78 is 5.76. The molecule has 2 aromatic heterocycles. The minimum atomic E-state index is 0.176. The SMILES string of the molecule is Cc1cc2occ(CC(=O)N3CCCN(c4nccs4)CC3)c2cc1C(C)C. The molecule has 1 aromatic carbocycles. The van der Waals surface area contributed by atoms with Crippen LogP contribution in [0.5, 0.6) is 0 Å². The van der Waals surface area contributed by atoms with Crippen LogP contribution in [0.2, 0.25) is 0 Å². The van der Waals surface area contributed by atoms with Crippen LogP contribution < -0.4 is 4.90 Å². The predicted molar refractivity (Wildman–Crippen MR) is 114 cm³/mol. The van der Waals surface area contributed by atoms with E-state index >= 15 is 0 Å². The molecule has 0 bridgehead atoms. The number of rotatable bonds is 4. The first kappa shape index (κ1) is 19.0. The Morgan fingerprint density at radius 3 is 2.86 bits per heavy atom. The number of aryl methyl sites for hydroxylation is 1. The molecule has 0 radical (unpaired) electrons. The molecule has 1 amide bonds. The highest BCUT2D eigenvalue weighted by molar-refractivity contribution is 7.13. The number of hydrogen-bond donors (Lipinski definition) is 0. The number of anilines is 1. The summed E-state index contributed by atoms with van der Waals surface area (Å²) in [5.41, 5.74) is 4.42. The summed E-state index contributed by atoms with van der Waals surface area (Å²) in [6, 6.07) is 4.30. The molecule has 1 aliphatic rings. The average Bonchev–Trinajstić information content (AvgIpc) is 3.25. The van der Waals surface area contributed by atoms with Crippen molar-refractivity contribution < 1.29 is 9.21 Å². The molecule has 0 aliphatic carbocycles. The second-order valence-corrected chi connectivity index (χ2v) is 8.71. The average molecular weight is 398 g/mol. The Morgan fingerprint density at radius 1 is 1.25 bits per heavy atom. The van der Waals surface area contributed by atoms with Crippen molar-refractivity contribution in [2.24, 2.45) is 0 Å². The number of hydrogen-bond acceptors (Lipinski definition) is 5. The van der Waals surface area contributed by atoms with E-state index in [0.717, 1.165) is 54.3 Å². The van der Waals surface area contributed by atoms with Gasteiger partial charge in [-0.2, -0.15) is 0 Å². The van der Waals surface area contributed by atoms with Crippen LogP contribution >= 0.6 is 11.3 Å². The number of carbonyl (C=O) groups is 1. The lowest BCUT2D eigenvalue weighted by Crippen LogP contribution is -2.36. The first-order valence-corrected chi connectivity index (χ1v) is 10.8. The van der Waals surface area contributed by atoms with Crippen molar-refractivity contribution in [2.45, 2.75) is 39.5 Å². The summed E-state index contributed by atoms with van der Waals surface area (Å²) in [5.74, 6) is 0.626. The van der Waals surface area contributed by atoms with Gasteiger partial charge in [0.2, 0.25) is 5.91 Å². The minimum Gasteiger partial charge on any atom is -0.464 e. The number of amides is 1. The van der Waals surface area contributed by atoms with Gasteiger partial charge < -0.3 is 14.2 Å². The zero-order chi connectivity index (χ0) is 19.7. The summed E-state index contributed by atoms with van der Waals surface area (Å²) in [6.07, 6.45) is 4.95. The van der Waals surface area contributed by atoms with Crippen LogP contribution in [0.1, 0.15) is 42.9 Å². The van der Waals surface area contributed by atoms with Crippen molar-refractivity contribution in [1.29, 1.82) is 0 Å². The molecule has 6 heteroatoms. The molecule has 0 atom stereocenters. The van der Waals surface area contributed by atoms with Crippen LogP contribution in [0.4, 0.5) is 5.13 Å². The van der Waals surface area contributed by atoms with Gasteiger partial charge in [-0.25, -0.2) is 4.98 Å². The lowest BCUT2D eigenvalue weighted by Gasteiger charge is -2.21. The molecule has 28 heavy (non-hydrogen) atoms. The Hall–Kier alpha value is -2.34. The van der Waals surface area contributed by atoms with E-state index in [2.05, 4.69) is 42.8 Å². The molecule has 4 rings (SSSR count). The van der Waals surface area contributed by atoms with Crippen LogP contribution in [0.25, 0.3) is 11.0 Å². The van der Waals surface area contributed by atoms with Gasteiger partial charge in [-0.15, -0.1) is 11.3 Å². The Balaban J connectivity index is 1.48. The van der Waals surface area contributed by atoms with E-state index < -0.39 is 0 Å². The third-order valence-electron chi connectivity index (χ3n) is 5.54. The molecule has 3 aromatic rings. The van der Waals surface area contributed by atoms with E-state index in [0.29, 0.717) is 12.3 Å². The molecule has 0 unspecified atom stereocenters. The standard InChI is InChI=1S/C22H27N3O2S/c1-15(2)18-13-19-17(14-27-20(19)11-16(18)3)12-21(26)24-6-4-7-25(9-8-24)22-23-5-10-28-22/h5,10-11,13-15H,4,6-9,12H2,1-3H3. The number of fused-ring (bicyclic) bond motifs is 1. The first-order chi connectivity index (χ1) is 13.5. The van der Waals surface area contributed by atoms with Gasteiger partial charge in [-0.05, 0) is 42.5 Å². The van der Waals surface area contributed by atoms with Gasteiger partial charge in [-0.3, -0.25) is 4.79 Å². The number of aromatic nitrogens is 1. The smallest absolute Gasteiger partial charge is 0.227 e. The fourth-order valence-corrected chi connectivity index (χ4v) is 4.71. The van der Waals surface area contributed by atoms with Crippen molar-refractivity contribution in [3.05, 3.63) is 46.7 Å². The van der Waals surface area contributed by atoms with Gasteiger partial charge in [-0.1, -0.05) is 13.8 Å². The first-order valence-electron chi connectivity index (χ1n) is 9.95. The molecule has 148 valence electrons. The molecular weight excluding hydrogens is 370 g/mol. The molecule has 1 saturated heterocycles. The highest BCUT2D eigenvalue weighted by Crippen LogP contribution is 2.29. The van der Waals surface area contributed by atoms with Crippen LogP contribution in [0.15, 0.2) is 34.4 Å². The van der Waals surface area contributed by atoms with Crippen molar-refractivity contribution in [3.63, 3.8) is 0 Å². The van der Waals surface area contributed by atoms with Gasteiger partial charge in [0.05, 0.1) is 12.7 Å². The molecule has 0 saturated carbocycles. The molecule has 0 spiro atoms. The number of furan rings is 1. The summed E-state index contributed by atoms with van der Waals surface area (Å²) in [5, 5.41) is 4.12. The monoisotopic (exact) mass is 397 g/mol. The van der Waals surface area contributed by atoms with Crippen LogP contribution in [0.3, 0.4) is 0 Å². The maximum absolute atomic E-state index is 13.0. The fourth-order valence-electron chi connectivity index (χ4n) is 4.01. The lowest BCUT2D eigenvalue weighted by molar-refractivity contribution is -0.130. The van der Waals surface area contributed by atoms with E-state index in [1.54, 1.807) is 17.6 Å². The third kappa shape index (κ3) is 3.78. The number of carbonyl (C=O) groups excluding carboxylic acids is 1. The summed E-state index contributed by atoms with van der Waals surface area (Å²) in [6.45, 7) is 9.84. The number of nitrogens with zero attached hydrogens (tertiary/aromatic N) is 3. The molecule has 0 N–H and O–H groups in total. The van der Waals surface area contributed by atoms with E-state index in [9.17, 15) is 4.79 Å². The predicted octanol–water partition coefficient (Wildman–Crippen LogP) is 4.60. The van der Waals surface area contributed by atoms with Crippen LogP contribution in [0, 0.1) is 6.92 Å². The largest absolute Gasteiger partial charge is 0.464 e. The van der Waals surface area contributed by atoms with Crippen molar-refractivity contribution in [3.8, 4) is 0 Å². The summed E-state index contributed by atoms with van der Waals surface area (Å²) >= 11 is 1.66. The van der Waals surface area contributed by atoms with Gasteiger partial charge >= 0.3 is 0 Å². The van der Waals surface area contributed by atoms with E-state index in [1.165, 1.54) is 11.1 Å². The Morgan fingerprint density at radius 2 is 2.11 bits per heavy atom. The van der Waals surface area contributed by atoms with Crippen LogP contribution in [-0.4, -0.2) is 42.0 Å². The molecule has 3 heterocycles. The second-order valence-electron chi connectivity index (χ2n) is 7.83. The van der Waals surface area contributed by atoms with E-state index in [4.69, 9.17) is 4.42 Å². The summed E-state index contributed by atoms with van der Waals surface area (Å²) in [7, 11) is 0. The fraction of sp³-hybridized carbons (Fsp3) is 0.455. The Kier molecular flexibility index (Phi) is 5.40. The van der Waals surface area contributed by atoms with Crippen LogP contribution in [-0.2, 0) is 11.2 Å². The van der Waals surface area contributed by atoms with Gasteiger partial charge in [0.1, 0.15) is 5.58 Å². The third-order valence-corrected chi connectivity index (χ3v) is 6.38. The lowest BCUT2D eigenvalue weighted by atomic mass is 9.95. The molecular formula is C22H27N3O2S. The Bertz CT molecular complexity index is 962. The highest BCUT2D eigenvalue weighted by atomic mass is 32.1. The van der Waals surface area contributed by atoms with Crippen molar-refractivity contribution in [1.82, 2.24) is 9.88 Å². The number of thiazole rings is 1. The van der Waals surface area contributed by atoms with Crippen molar-refractivity contribution >= 4 is 33.3 Å². The number of benzene rings is 1. The molecule has 5 nitrogen and oxygen atoms in total. The maximum atomic E-state index is 13.0. The topological polar surface area (TPSA) is 49.6 Å². The van der Waals surface area contributed by atoms with E-state index in [-0.39, 0.29) is 5.91 Å². The van der Waals surface area contributed by atoms with Crippen molar-refractivity contribution in [2.75, 3.05) is 31.1 Å². The summed E-state index contributed by atoms with van der Waals surface area (Å²) in [4.78, 5) is 21.7. The second kappa shape index (κ2) is 7.95.